The van der Waals surface area contributed by atoms with Crippen molar-refractivity contribution < 1.29 is 22.3 Å². The molecule has 9 heteroatoms. The van der Waals surface area contributed by atoms with Crippen molar-refractivity contribution in [2.45, 2.75) is 4.90 Å². The molecule has 0 fully saturated rings. The summed E-state index contributed by atoms with van der Waals surface area (Å²) in [6.45, 7) is -0.545. The van der Waals surface area contributed by atoms with Crippen molar-refractivity contribution in [2.75, 3.05) is 23.3 Å². The molecule has 3 aromatic carbocycles. The molecule has 0 saturated carbocycles. The Balaban J connectivity index is 1.95. The van der Waals surface area contributed by atoms with Crippen LogP contribution in [0.4, 0.5) is 15.8 Å². The summed E-state index contributed by atoms with van der Waals surface area (Å²) in [5.74, 6) is -0.756. The summed E-state index contributed by atoms with van der Waals surface area (Å²) in [6, 6.07) is 17.7. The highest BCUT2D eigenvalue weighted by Crippen LogP contribution is 2.28. The van der Waals surface area contributed by atoms with Crippen LogP contribution in [0.25, 0.3) is 0 Å². The second-order valence-corrected chi connectivity index (χ2v) is 8.47. The molecule has 6 nitrogen and oxygen atoms in total. The molecule has 0 unspecified atom stereocenters. The Morgan fingerprint density at radius 1 is 1.07 bits per heavy atom. The predicted molar refractivity (Wildman–Crippen MR) is 114 cm³/mol. The van der Waals surface area contributed by atoms with Gasteiger partial charge in [0.15, 0.2) is 0 Å². The van der Waals surface area contributed by atoms with Crippen LogP contribution in [0.2, 0.25) is 5.02 Å². The van der Waals surface area contributed by atoms with Gasteiger partial charge in [-0.25, -0.2) is 12.8 Å². The predicted octanol–water partition coefficient (Wildman–Crippen LogP) is 4.32. The van der Waals surface area contributed by atoms with Gasteiger partial charge in [-0.15, -0.1) is 0 Å². The van der Waals surface area contributed by atoms with E-state index < -0.39 is 28.3 Å². The van der Waals surface area contributed by atoms with Crippen molar-refractivity contribution in [3.05, 3.63) is 83.6 Å². The van der Waals surface area contributed by atoms with Crippen LogP contribution in [0.15, 0.2) is 77.7 Å². The number of hydrogen-bond donors (Lipinski definition) is 1. The average molecular weight is 449 g/mol. The quantitative estimate of drug-likeness (QED) is 0.584. The fourth-order valence-electron chi connectivity index (χ4n) is 2.71. The molecule has 0 heterocycles. The smallest absolute Gasteiger partial charge is 0.264 e. The van der Waals surface area contributed by atoms with Gasteiger partial charge in [0, 0.05) is 11.8 Å². The number of hydrogen-bond acceptors (Lipinski definition) is 4. The highest BCUT2D eigenvalue weighted by Gasteiger charge is 2.27. The zero-order valence-corrected chi connectivity index (χ0v) is 17.5. The first kappa shape index (κ1) is 21.6. The summed E-state index contributed by atoms with van der Waals surface area (Å²) in [4.78, 5) is 12.6. The summed E-state index contributed by atoms with van der Waals surface area (Å²) < 4.78 is 46.0. The van der Waals surface area contributed by atoms with E-state index in [2.05, 4.69) is 5.32 Å². The first-order valence-corrected chi connectivity index (χ1v) is 10.6. The van der Waals surface area contributed by atoms with E-state index in [9.17, 15) is 17.6 Å². The number of amides is 1. The average Bonchev–Trinajstić information content (AvgIpc) is 2.74. The number of benzene rings is 3. The Labute approximate surface area is 178 Å². The number of anilines is 2. The fraction of sp³-hybridized carbons (Fsp3) is 0.0952. The molecule has 0 atom stereocenters. The number of sulfonamides is 1. The van der Waals surface area contributed by atoms with Crippen molar-refractivity contribution in [1.29, 1.82) is 0 Å². The number of nitrogens with zero attached hydrogens (tertiary/aromatic N) is 1. The number of methoxy groups -OCH3 is 1. The monoisotopic (exact) mass is 448 g/mol. The minimum atomic E-state index is -4.12. The third kappa shape index (κ3) is 4.90. The molecule has 0 spiro atoms. The van der Waals surface area contributed by atoms with Crippen molar-refractivity contribution in [1.82, 2.24) is 0 Å². The summed E-state index contributed by atoms with van der Waals surface area (Å²) in [5.41, 5.74) is 0.500. The topological polar surface area (TPSA) is 75.7 Å². The lowest BCUT2D eigenvalue weighted by atomic mass is 10.3. The first-order chi connectivity index (χ1) is 14.3. The van der Waals surface area contributed by atoms with E-state index in [1.807, 2.05) is 0 Å². The first-order valence-electron chi connectivity index (χ1n) is 8.78. The van der Waals surface area contributed by atoms with Crippen molar-refractivity contribution in [2.24, 2.45) is 0 Å². The minimum Gasteiger partial charge on any atom is -0.497 e. The standard InChI is InChI=1S/C21H18ClFN2O4S/c1-29-17-7-5-6-15(12-17)24-21(26)14-25(16-10-11-20(23)19(22)13-16)30(27,28)18-8-3-2-4-9-18/h2-13H,14H2,1H3,(H,24,26). The summed E-state index contributed by atoms with van der Waals surface area (Å²) in [7, 11) is -2.62. The molecule has 0 aromatic heterocycles. The molecule has 3 rings (SSSR count). The fourth-order valence-corrected chi connectivity index (χ4v) is 4.32. The Bertz CT molecular complexity index is 1160. The van der Waals surface area contributed by atoms with Gasteiger partial charge in [-0.3, -0.25) is 9.10 Å². The molecule has 0 aliphatic rings. The lowest BCUT2D eigenvalue weighted by Crippen LogP contribution is -2.38. The van der Waals surface area contributed by atoms with Gasteiger partial charge in [-0.1, -0.05) is 35.9 Å². The molecule has 0 radical (unpaired) electrons. The van der Waals surface area contributed by atoms with Gasteiger partial charge in [-0.2, -0.15) is 0 Å². The summed E-state index contributed by atoms with van der Waals surface area (Å²) in [5, 5.41) is 2.38. The molecule has 3 aromatic rings. The lowest BCUT2D eigenvalue weighted by molar-refractivity contribution is -0.114. The van der Waals surface area contributed by atoms with Crippen molar-refractivity contribution in [3.63, 3.8) is 0 Å². The Hall–Kier alpha value is -3.10. The second-order valence-electron chi connectivity index (χ2n) is 6.20. The zero-order chi connectivity index (χ0) is 21.7. The summed E-state index contributed by atoms with van der Waals surface area (Å²) >= 11 is 5.84. The van der Waals surface area contributed by atoms with Gasteiger partial charge in [0.1, 0.15) is 18.1 Å². The molecule has 1 N–H and O–H groups in total. The van der Waals surface area contributed by atoms with E-state index in [1.165, 1.54) is 25.3 Å². The normalized spacial score (nSPS) is 11.0. The maximum atomic E-state index is 13.6. The van der Waals surface area contributed by atoms with Gasteiger partial charge < -0.3 is 10.1 Å². The number of rotatable bonds is 7. The largest absolute Gasteiger partial charge is 0.497 e. The highest BCUT2D eigenvalue weighted by molar-refractivity contribution is 7.92. The molecule has 156 valence electrons. The SMILES string of the molecule is COc1cccc(NC(=O)CN(c2ccc(F)c(Cl)c2)S(=O)(=O)c2ccccc2)c1. The van der Waals surface area contributed by atoms with Crippen LogP contribution in [-0.4, -0.2) is 28.0 Å². The molecule has 0 aliphatic carbocycles. The summed E-state index contributed by atoms with van der Waals surface area (Å²) in [6.07, 6.45) is 0. The van der Waals surface area contributed by atoms with Gasteiger partial charge in [0.2, 0.25) is 5.91 Å². The van der Waals surface area contributed by atoms with E-state index in [-0.39, 0.29) is 15.6 Å². The number of carbonyl (C=O) groups excluding carboxylic acids is 1. The van der Waals surface area contributed by atoms with E-state index in [1.54, 1.807) is 42.5 Å². The maximum Gasteiger partial charge on any atom is 0.264 e. The van der Waals surface area contributed by atoms with Crippen LogP contribution in [-0.2, 0) is 14.8 Å². The van der Waals surface area contributed by atoms with Crippen LogP contribution in [0.3, 0.4) is 0 Å². The number of ether oxygens (including phenoxy) is 1. The molecule has 0 saturated heterocycles. The van der Waals surface area contributed by atoms with Gasteiger partial charge in [-0.05, 0) is 42.5 Å². The van der Waals surface area contributed by atoms with E-state index in [0.717, 1.165) is 16.4 Å². The molecular formula is C21H18ClFN2O4S. The highest BCUT2D eigenvalue weighted by atomic mass is 35.5. The van der Waals surface area contributed by atoms with Crippen LogP contribution in [0.5, 0.6) is 5.75 Å². The zero-order valence-electron chi connectivity index (χ0n) is 15.9. The van der Waals surface area contributed by atoms with Gasteiger partial charge >= 0.3 is 0 Å². The second kappa shape index (κ2) is 9.15. The van der Waals surface area contributed by atoms with Crippen LogP contribution >= 0.6 is 11.6 Å². The Morgan fingerprint density at radius 3 is 2.47 bits per heavy atom. The lowest BCUT2D eigenvalue weighted by Gasteiger charge is -2.24. The van der Waals surface area contributed by atoms with Crippen molar-refractivity contribution in [3.8, 4) is 5.75 Å². The van der Waals surface area contributed by atoms with E-state index in [4.69, 9.17) is 16.3 Å². The number of nitrogens with one attached hydrogen (secondary N) is 1. The molecule has 0 bridgehead atoms. The van der Waals surface area contributed by atoms with E-state index in [0.29, 0.717) is 11.4 Å². The number of carbonyl (C=O) groups is 1. The molecule has 30 heavy (non-hydrogen) atoms. The number of halogens is 2. The Morgan fingerprint density at radius 2 is 1.80 bits per heavy atom. The van der Waals surface area contributed by atoms with Gasteiger partial charge in [0.05, 0.1) is 22.7 Å². The van der Waals surface area contributed by atoms with Crippen LogP contribution in [0, 0.1) is 5.82 Å². The van der Waals surface area contributed by atoms with Gasteiger partial charge in [0.25, 0.3) is 10.0 Å². The van der Waals surface area contributed by atoms with Crippen molar-refractivity contribution >= 4 is 38.9 Å². The minimum absolute atomic E-state index is 0.0142. The Kier molecular flexibility index (Phi) is 6.59. The molecular weight excluding hydrogens is 431 g/mol. The maximum absolute atomic E-state index is 13.6. The van der Waals surface area contributed by atoms with E-state index >= 15 is 0 Å². The third-order valence-electron chi connectivity index (χ3n) is 4.16. The van der Waals surface area contributed by atoms with Crippen LogP contribution < -0.4 is 14.4 Å². The molecule has 0 aliphatic heterocycles. The third-order valence-corrected chi connectivity index (χ3v) is 6.24. The van der Waals surface area contributed by atoms with Crippen LogP contribution in [0.1, 0.15) is 0 Å². The molecule has 1 amide bonds.